The van der Waals surface area contributed by atoms with Crippen LogP contribution in [0, 0.1) is 5.92 Å². The highest BCUT2D eigenvalue weighted by Gasteiger charge is 2.07. The standard InChI is InChI=1S/C17H27N3O.HI/c1-6-11-19-17(18-5)20-14(4)15-7-9-16(10-8-15)21-12-13(2)3;/h6-10,13-14H,1,11-12H2,2-5H3,(H2,18,19,20);1H. The molecule has 0 fully saturated rings. The molecule has 0 heterocycles. The zero-order valence-electron chi connectivity index (χ0n) is 13.9. The smallest absolute Gasteiger partial charge is 0.191 e. The number of ether oxygens (including phenoxy) is 1. The molecule has 5 heteroatoms. The molecule has 0 aliphatic heterocycles. The lowest BCUT2D eigenvalue weighted by Crippen LogP contribution is -2.38. The summed E-state index contributed by atoms with van der Waals surface area (Å²) in [5, 5.41) is 6.50. The summed E-state index contributed by atoms with van der Waals surface area (Å²) in [6.07, 6.45) is 1.80. The lowest BCUT2D eigenvalue weighted by atomic mass is 10.1. The highest BCUT2D eigenvalue weighted by Crippen LogP contribution is 2.18. The van der Waals surface area contributed by atoms with Crippen molar-refractivity contribution < 1.29 is 4.74 Å². The third kappa shape index (κ3) is 7.68. The largest absolute Gasteiger partial charge is 0.493 e. The molecule has 0 aliphatic carbocycles. The Bertz CT molecular complexity index is 457. The molecule has 0 amide bonds. The molecule has 2 N–H and O–H groups in total. The van der Waals surface area contributed by atoms with Crippen molar-refractivity contribution in [2.45, 2.75) is 26.8 Å². The Morgan fingerprint density at radius 1 is 1.27 bits per heavy atom. The van der Waals surface area contributed by atoms with Crippen LogP contribution in [0.4, 0.5) is 0 Å². The third-order valence-electron chi connectivity index (χ3n) is 2.95. The molecule has 22 heavy (non-hydrogen) atoms. The topological polar surface area (TPSA) is 45.7 Å². The maximum Gasteiger partial charge on any atom is 0.191 e. The van der Waals surface area contributed by atoms with Crippen molar-refractivity contribution in [1.82, 2.24) is 10.6 Å². The summed E-state index contributed by atoms with van der Waals surface area (Å²) in [5.41, 5.74) is 1.19. The number of nitrogens with one attached hydrogen (secondary N) is 2. The van der Waals surface area contributed by atoms with E-state index < -0.39 is 0 Å². The van der Waals surface area contributed by atoms with Gasteiger partial charge in [-0.25, -0.2) is 0 Å². The zero-order valence-corrected chi connectivity index (χ0v) is 16.3. The van der Waals surface area contributed by atoms with E-state index in [0.717, 1.165) is 18.3 Å². The van der Waals surface area contributed by atoms with E-state index >= 15 is 0 Å². The lowest BCUT2D eigenvalue weighted by molar-refractivity contribution is 0.271. The van der Waals surface area contributed by atoms with E-state index in [1.165, 1.54) is 5.56 Å². The fraction of sp³-hybridized carbons (Fsp3) is 0.471. The van der Waals surface area contributed by atoms with E-state index in [4.69, 9.17) is 4.74 Å². The minimum absolute atomic E-state index is 0. The van der Waals surface area contributed by atoms with Gasteiger partial charge < -0.3 is 15.4 Å². The van der Waals surface area contributed by atoms with Crippen LogP contribution in [-0.4, -0.2) is 26.2 Å². The van der Waals surface area contributed by atoms with E-state index in [-0.39, 0.29) is 30.0 Å². The number of aliphatic imine (C=N–C) groups is 1. The summed E-state index contributed by atoms with van der Waals surface area (Å²) < 4.78 is 5.69. The van der Waals surface area contributed by atoms with Gasteiger partial charge in [0.2, 0.25) is 0 Å². The number of rotatable bonds is 7. The molecule has 124 valence electrons. The van der Waals surface area contributed by atoms with E-state index in [1.807, 2.05) is 12.1 Å². The van der Waals surface area contributed by atoms with Crippen LogP contribution in [-0.2, 0) is 0 Å². The van der Waals surface area contributed by atoms with Gasteiger partial charge in [0.25, 0.3) is 0 Å². The SMILES string of the molecule is C=CCNC(=NC)NC(C)c1ccc(OCC(C)C)cc1.I. The number of halogens is 1. The Morgan fingerprint density at radius 2 is 1.91 bits per heavy atom. The molecule has 1 rings (SSSR count). The molecule has 1 unspecified atom stereocenters. The molecule has 1 aromatic rings. The predicted octanol–water partition coefficient (Wildman–Crippen LogP) is 3.75. The van der Waals surface area contributed by atoms with Crippen molar-refractivity contribution in [3.8, 4) is 5.75 Å². The van der Waals surface area contributed by atoms with Crippen molar-refractivity contribution in [2.75, 3.05) is 20.2 Å². The Balaban J connectivity index is 0.00000441. The van der Waals surface area contributed by atoms with Gasteiger partial charge >= 0.3 is 0 Å². The first-order valence-corrected chi connectivity index (χ1v) is 7.37. The number of hydrogen-bond acceptors (Lipinski definition) is 2. The lowest BCUT2D eigenvalue weighted by Gasteiger charge is -2.18. The van der Waals surface area contributed by atoms with Crippen LogP contribution in [0.3, 0.4) is 0 Å². The molecule has 0 aliphatic rings. The van der Waals surface area contributed by atoms with Crippen LogP contribution in [0.1, 0.15) is 32.4 Å². The Labute approximate surface area is 151 Å². The van der Waals surface area contributed by atoms with E-state index in [2.05, 4.69) is 55.1 Å². The molecule has 0 spiro atoms. The minimum atomic E-state index is 0. The van der Waals surface area contributed by atoms with E-state index in [1.54, 1.807) is 13.1 Å². The highest BCUT2D eigenvalue weighted by atomic mass is 127. The molecule has 1 atom stereocenters. The third-order valence-corrected chi connectivity index (χ3v) is 2.95. The van der Waals surface area contributed by atoms with Crippen molar-refractivity contribution in [2.24, 2.45) is 10.9 Å². The first-order valence-electron chi connectivity index (χ1n) is 7.37. The van der Waals surface area contributed by atoms with Gasteiger partial charge in [-0.05, 0) is 30.5 Å². The summed E-state index contributed by atoms with van der Waals surface area (Å²) in [4.78, 5) is 4.18. The quantitative estimate of drug-likeness (QED) is 0.308. The first kappa shape index (κ1) is 20.8. The summed E-state index contributed by atoms with van der Waals surface area (Å²) >= 11 is 0. The van der Waals surface area contributed by atoms with Crippen LogP contribution >= 0.6 is 24.0 Å². The van der Waals surface area contributed by atoms with Gasteiger partial charge in [-0.3, -0.25) is 4.99 Å². The number of benzene rings is 1. The zero-order chi connectivity index (χ0) is 15.7. The normalized spacial score (nSPS) is 12.3. The Hall–Kier alpha value is -1.24. The number of nitrogens with zero attached hydrogens (tertiary/aromatic N) is 1. The fourth-order valence-electron chi connectivity index (χ4n) is 1.77. The average molecular weight is 417 g/mol. The van der Waals surface area contributed by atoms with Gasteiger partial charge in [0.05, 0.1) is 12.6 Å². The molecule has 0 saturated carbocycles. The van der Waals surface area contributed by atoms with Gasteiger partial charge in [0, 0.05) is 13.6 Å². The first-order chi connectivity index (χ1) is 10.1. The van der Waals surface area contributed by atoms with Crippen molar-refractivity contribution in [1.29, 1.82) is 0 Å². The van der Waals surface area contributed by atoms with E-state index in [9.17, 15) is 0 Å². The highest BCUT2D eigenvalue weighted by molar-refractivity contribution is 14.0. The second kappa shape index (κ2) is 11.3. The predicted molar refractivity (Wildman–Crippen MR) is 105 cm³/mol. The van der Waals surface area contributed by atoms with Crippen LogP contribution < -0.4 is 15.4 Å². The van der Waals surface area contributed by atoms with Crippen molar-refractivity contribution in [3.05, 3.63) is 42.5 Å². The molecule has 0 aromatic heterocycles. The number of hydrogen-bond donors (Lipinski definition) is 2. The molecular weight excluding hydrogens is 389 g/mol. The molecule has 1 aromatic carbocycles. The van der Waals surface area contributed by atoms with Gasteiger partial charge in [-0.15, -0.1) is 30.6 Å². The second-order valence-corrected chi connectivity index (χ2v) is 5.38. The summed E-state index contributed by atoms with van der Waals surface area (Å²) in [5.74, 6) is 2.21. The summed E-state index contributed by atoms with van der Waals surface area (Å²) in [6.45, 7) is 11.5. The summed E-state index contributed by atoms with van der Waals surface area (Å²) in [7, 11) is 1.76. The van der Waals surface area contributed by atoms with Gasteiger partial charge in [-0.2, -0.15) is 0 Å². The second-order valence-electron chi connectivity index (χ2n) is 5.38. The minimum Gasteiger partial charge on any atom is -0.493 e. The number of guanidine groups is 1. The van der Waals surface area contributed by atoms with Gasteiger partial charge in [0.15, 0.2) is 5.96 Å². The van der Waals surface area contributed by atoms with Crippen LogP contribution in [0.2, 0.25) is 0 Å². The Morgan fingerprint density at radius 3 is 2.41 bits per heavy atom. The maximum atomic E-state index is 5.69. The Kier molecular flexibility index (Phi) is 10.7. The average Bonchev–Trinajstić information content (AvgIpc) is 2.49. The van der Waals surface area contributed by atoms with E-state index in [0.29, 0.717) is 12.5 Å². The maximum absolute atomic E-state index is 5.69. The molecule has 0 radical (unpaired) electrons. The van der Waals surface area contributed by atoms with Crippen LogP contribution in [0.25, 0.3) is 0 Å². The van der Waals surface area contributed by atoms with Gasteiger partial charge in [0.1, 0.15) is 5.75 Å². The fourth-order valence-corrected chi connectivity index (χ4v) is 1.77. The van der Waals surface area contributed by atoms with Crippen LogP contribution in [0.15, 0.2) is 41.9 Å². The molecular formula is C17H28IN3O. The van der Waals surface area contributed by atoms with Crippen LogP contribution in [0.5, 0.6) is 5.75 Å². The van der Waals surface area contributed by atoms with Crippen molar-refractivity contribution >= 4 is 29.9 Å². The molecule has 0 saturated heterocycles. The monoisotopic (exact) mass is 417 g/mol. The van der Waals surface area contributed by atoms with Crippen molar-refractivity contribution in [3.63, 3.8) is 0 Å². The molecule has 0 bridgehead atoms. The van der Waals surface area contributed by atoms with Gasteiger partial charge in [-0.1, -0.05) is 32.1 Å². The molecule has 4 nitrogen and oxygen atoms in total. The summed E-state index contributed by atoms with van der Waals surface area (Å²) in [6, 6.07) is 8.34.